The minimum atomic E-state index is 0.283. The van der Waals surface area contributed by atoms with Crippen molar-refractivity contribution in [2.75, 3.05) is 7.11 Å². The molecule has 0 amide bonds. The van der Waals surface area contributed by atoms with Crippen molar-refractivity contribution in [3.05, 3.63) is 52.2 Å². The van der Waals surface area contributed by atoms with Gasteiger partial charge in [0.25, 0.3) is 0 Å². The molecule has 3 heteroatoms. The number of hydrogen-bond donors (Lipinski definition) is 1. The lowest BCUT2D eigenvalue weighted by atomic mass is 10.1. The second-order valence-electron chi connectivity index (χ2n) is 3.98. The van der Waals surface area contributed by atoms with Crippen molar-refractivity contribution in [1.82, 2.24) is 5.32 Å². The van der Waals surface area contributed by atoms with Gasteiger partial charge < -0.3 is 10.1 Å². The molecular weight excluding hydrogens is 230 g/mol. The predicted octanol–water partition coefficient (Wildman–Crippen LogP) is 3.61. The summed E-state index contributed by atoms with van der Waals surface area (Å²) in [4.78, 5) is 0. The van der Waals surface area contributed by atoms with E-state index in [1.54, 1.807) is 18.4 Å². The fourth-order valence-electron chi connectivity index (χ4n) is 1.80. The van der Waals surface area contributed by atoms with E-state index in [4.69, 9.17) is 4.74 Å². The second kappa shape index (κ2) is 5.84. The number of para-hydroxylation sites is 1. The average Bonchev–Trinajstić information content (AvgIpc) is 2.89. The van der Waals surface area contributed by atoms with Crippen LogP contribution in [0.3, 0.4) is 0 Å². The molecule has 1 aromatic heterocycles. The molecule has 1 N–H and O–H groups in total. The van der Waals surface area contributed by atoms with Crippen molar-refractivity contribution in [2.24, 2.45) is 0 Å². The maximum atomic E-state index is 5.37. The minimum absolute atomic E-state index is 0.283. The molecule has 90 valence electrons. The molecule has 1 aromatic carbocycles. The Bertz CT molecular complexity index is 453. The zero-order valence-corrected chi connectivity index (χ0v) is 11.0. The van der Waals surface area contributed by atoms with Crippen molar-refractivity contribution < 1.29 is 4.74 Å². The van der Waals surface area contributed by atoms with Gasteiger partial charge >= 0.3 is 0 Å². The van der Waals surface area contributed by atoms with Crippen LogP contribution < -0.4 is 10.1 Å². The largest absolute Gasteiger partial charge is 0.496 e. The van der Waals surface area contributed by atoms with E-state index in [1.807, 2.05) is 18.2 Å². The normalized spacial score (nSPS) is 12.4. The van der Waals surface area contributed by atoms with Gasteiger partial charge in [-0.2, -0.15) is 11.3 Å². The van der Waals surface area contributed by atoms with E-state index >= 15 is 0 Å². The van der Waals surface area contributed by atoms with Gasteiger partial charge in [0.05, 0.1) is 7.11 Å². The fourth-order valence-corrected chi connectivity index (χ4v) is 2.47. The summed E-state index contributed by atoms with van der Waals surface area (Å²) >= 11 is 1.73. The Balaban J connectivity index is 2.01. The predicted molar refractivity (Wildman–Crippen MR) is 72.6 cm³/mol. The van der Waals surface area contributed by atoms with Gasteiger partial charge in [0.1, 0.15) is 5.75 Å². The van der Waals surface area contributed by atoms with Crippen LogP contribution >= 0.6 is 11.3 Å². The summed E-state index contributed by atoms with van der Waals surface area (Å²) in [5.74, 6) is 0.942. The quantitative estimate of drug-likeness (QED) is 0.871. The number of ether oxygens (including phenoxy) is 1. The van der Waals surface area contributed by atoms with Crippen molar-refractivity contribution in [2.45, 2.75) is 19.5 Å². The van der Waals surface area contributed by atoms with Crippen LogP contribution in [0, 0.1) is 0 Å². The van der Waals surface area contributed by atoms with Gasteiger partial charge in [-0.05, 0) is 35.4 Å². The summed E-state index contributed by atoms with van der Waals surface area (Å²) < 4.78 is 5.37. The number of benzene rings is 1. The van der Waals surface area contributed by atoms with E-state index in [2.05, 4.69) is 35.1 Å². The highest BCUT2D eigenvalue weighted by atomic mass is 32.1. The lowest BCUT2D eigenvalue weighted by molar-refractivity contribution is 0.401. The van der Waals surface area contributed by atoms with Crippen LogP contribution in [0.4, 0.5) is 0 Å². The van der Waals surface area contributed by atoms with Gasteiger partial charge in [0, 0.05) is 18.2 Å². The van der Waals surface area contributed by atoms with Gasteiger partial charge in [-0.1, -0.05) is 18.2 Å². The van der Waals surface area contributed by atoms with Crippen molar-refractivity contribution in [1.29, 1.82) is 0 Å². The first-order chi connectivity index (χ1) is 8.31. The molecule has 1 heterocycles. The highest BCUT2D eigenvalue weighted by molar-refractivity contribution is 7.07. The smallest absolute Gasteiger partial charge is 0.123 e. The molecule has 2 aromatic rings. The lowest BCUT2D eigenvalue weighted by Crippen LogP contribution is -2.18. The third kappa shape index (κ3) is 3.08. The van der Waals surface area contributed by atoms with E-state index < -0.39 is 0 Å². The first kappa shape index (κ1) is 12.1. The second-order valence-corrected chi connectivity index (χ2v) is 4.76. The summed E-state index contributed by atoms with van der Waals surface area (Å²) in [6, 6.07) is 10.6. The maximum Gasteiger partial charge on any atom is 0.123 e. The Labute approximate surface area is 106 Å². The Kier molecular flexibility index (Phi) is 4.18. The Hall–Kier alpha value is -1.32. The molecular formula is C14H17NOS. The van der Waals surface area contributed by atoms with Gasteiger partial charge in [0.2, 0.25) is 0 Å². The fraction of sp³-hybridized carbons (Fsp3) is 0.286. The summed E-state index contributed by atoms with van der Waals surface area (Å²) in [5, 5.41) is 7.77. The molecule has 0 aliphatic heterocycles. The van der Waals surface area contributed by atoms with Crippen LogP contribution in [0.25, 0.3) is 0 Å². The molecule has 17 heavy (non-hydrogen) atoms. The lowest BCUT2D eigenvalue weighted by Gasteiger charge is -2.16. The zero-order chi connectivity index (χ0) is 12.1. The molecule has 2 nitrogen and oxygen atoms in total. The number of hydrogen-bond acceptors (Lipinski definition) is 3. The van der Waals surface area contributed by atoms with Crippen LogP contribution in [0.5, 0.6) is 5.75 Å². The van der Waals surface area contributed by atoms with Crippen LogP contribution in [-0.2, 0) is 6.54 Å². The molecule has 0 radical (unpaired) electrons. The van der Waals surface area contributed by atoms with E-state index in [0.29, 0.717) is 0 Å². The number of nitrogens with one attached hydrogen (secondary N) is 1. The molecule has 0 spiro atoms. The van der Waals surface area contributed by atoms with E-state index in [0.717, 1.165) is 12.3 Å². The van der Waals surface area contributed by atoms with E-state index in [-0.39, 0.29) is 6.04 Å². The number of methoxy groups -OCH3 is 1. The molecule has 0 unspecified atom stereocenters. The maximum absolute atomic E-state index is 5.37. The minimum Gasteiger partial charge on any atom is -0.496 e. The number of thiophene rings is 1. The number of rotatable bonds is 5. The topological polar surface area (TPSA) is 21.3 Å². The van der Waals surface area contributed by atoms with Crippen molar-refractivity contribution in [3.8, 4) is 5.75 Å². The average molecular weight is 247 g/mol. The summed E-state index contributed by atoms with van der Waals surface area (Å²) in [7, 11) is 1.71. The van der Waals surface area contributed by atoms with Crippen LogP contribution in [0.15, 0.2) is 41.1 Å². The van der Waals surface area contributed by atoms with Gasteiger partial charge in [-0.3, -0.25) is 0 Å². The Morgan fingerprint density at radius 2 is 2.12 bits per heavy atom. The molecule has 0 saturated heterocycles. The SMILES string of the molecule is COc1ccccc1[C@@H](C)NCc1ccsc1. The van der Waals surface area contributed by atoms with Crippen molar-refractivity contribution in [3.63, 3.8) is 0 Å². The highest BCUT2D eigenvalue weighted by Crippen LogP contribution is 2.24. The Morgan fingerprint density at radius 3 is 2.82 bits per heavy atom. The molecule has 0 fully saturated rings. The van der Waals surface area contributed by atoms with E-state index in [1.165, 1.54) is 11.1 Å². The first-order valence-electron chi connectivity index (χ1n) is 5.68. The molecule has 0 bridgehead atoms. The molecule has 0 aliphatic rings. The molecule has 0 saturated carbocycles. The third-order valence-corrected chi connectivity index (χ3v) is 3.53. The first-order valence-corrected chi connectivity index (χ1v) is 6.63. The summed E-state index contributed by atoms with van der Waals surface area (Å²) in [6.45, 7) is 3.05. The highest BCUT2D eigenvalue weighted by Gasteiger charge is 2.09. The molecule has 2 rings (SSSR count). The molecule has 0 aliphatic carbocycles. The van der Waals surface area contributed by atoms with Crippen LogP contribution in [-0.4, -0.2) is 7.11 Å². The van der Waals surface area contributed by atoms with Gasteiger partial charge in [0.15, 0.2) is 0 Å². The Morgan fingerprint density at radius 1 is 1.29 bits per heavy atom. The van der Waals surface area contributed by atoms with Crippen LogP contribution in [0.1, 0.15) is 24.1 Å². The monoisotopic (exact) mass is 247 g/mol. The van der Waals surface area contributed by atoms with Gasteiger partial charge in [-0.15, -0.1) is 0 Å². The van der Waals surface area contributed by atoms with E-state index in [9.17, 15) is 0 Å². The zero-order valence-electron chi connectivity index (χ0n) is 10.1. The standard InChI is InChI=1S/C14H17NOS/c1-11(15-9-12-7-8-17-10-12)13-5-3-4-6-14(13)16-2/h3-8,10-11,15H,9H2,1-2H3/t11-/m1/s1. The van der Waals surface area contributed by atoms with Crippen molar-refractivity contribution >= 4 is 11.3 Å². The summed E-state index contributed by atoms with van der Waals surface area (Å²) in [5.41, 5.74) is 2.53. The summed E-state index contributed by atoms with van der Waals surface area (Å²) in [6.07, 6.45) is 0. The third-order valence-electron chi connectivity index (χ3n) is 2.80. The van der Waals surface area contributed by atoms with Gasteiger partial charge in [-0.25, -0.2) is 0 Å². The van der Waals surface area contributed by atoms with Crippen LogP contribution in [0.2, 0.25) is 0 Å². The molecule has 1 atom stereocenters.